The number of imide groups is 1. The van der Waals surface area contributed by atoms with Gasteiger partial charge in [0.2, 0.25) is 0 Å². The molecule has 0 saturated heterocycles. The van der Waals surface area contributed by atoms with Gasteiger partial charge in [-0.1, -0.05) is 23.2 Å². The number of nitrogens with zero attached hydrogens (tertiary/aromatic N) is 1. The van der Waals surface area contributed by atoms with Gasteiger partial charge in [-0.2, -0.15) is 0 Å². The maximum Gasteiger partial charge on any atom is 0.262 e. The number of fused-ring (bicyclic) bond motifs is 1. The monoisotopic (exact) mass is 337 g/mol. The smallest absolute Gasteiger partial charge is 0.262 e. The molecule has 0 atom stereocenters. The molecule has 3 rings (SSSR count). The highest BCUT2D eigenvalue weighted by Gasteiger charge is 2.32. The SMILES string of the molecule is Cc1cc(Cl)cc(Cl)c1-n1c(N)c2c(cc1=O)C(=O)NC2=O. The van der Waals surface area contributed by atoms with Crippen LogP contribution in [0.15, 0.2) is 23.0 Å². The van der Waals surface area contributed by atoms with E-state index in [1.54, 1.807) is 13.0 Å². The zero-order valence-corrected chi connectivity index (χ0v) is 12.7. The van der Waals surface area contributed by atoms with E-state index in [1.165, 1.54) is 6.07 Å². The van der Waals surface area contributed by atoms with Gasteiger partial charge in [-0.05, 0) is 24.6 Å². The van der Waals surface area contributed by atoms with E-state index >= 15 is 0 Å². The van der Waals surface area contributed by atoms with Gasteiger partial charge >= 0.3 is 0 Å². The fourth-order valence-corrected chi connectivity index (χ4v) is 3.17. The van der Waals surface area contributed by atoms with E-state index in [9.17, 15) is 14.4 Å². The fourth-order valence-electron chi connectivity index (χ4n) is 2.49. The number of aromatic nitrogens is 1. The zero-order chi connectivity index (χ0) is 16.2. The number of aryl methyl sites for hydroxylation is 1. The van der Waals surface area contributed by atoms with Gasteiger partial charge in [-0.15, -0.1) is 0 Å². The van der Waals surface area contributed by atoms with E-state index in [1.807, 2.05) is 0 Å². The molecule has 0 radical (unpaired) electrons. The van der Waals surface area contributed by atoms with Crippen molar-refractivity contribution in [1.82, 2.24) is 9.88 Å². The molecule has 6 nitrogen and oxygen atoms in total. The minimum atomic E-state index is -0.644. The van der Waals surface area contributed by atoms with Gasteiger partial charge in [0.15, 0.2) is 0 Å². The van der Waals surface area contributed by atoms with Gasteiger partial charge in [0.05, 0.1) is 21.8 Å². The van der Waals surface area contributed by atoms with E-state index < -0.39 is 17.4 Å². The molecule has 0 bridgehead atoms. The number of nitrogens with one attached hydrogen (secondary N) is 1. The quantitative estimate of drug-likeness (QED) is 0.777. The molecule has 1 aromatic carbocycles. The lowest BCUT2D eigenvalue weighted by molar-refractivity contribution is 0.0880. The summed E-state index contributed by atoms with van der Waals surface area (Å²) in [5.41, 5.74) is 6.25. The standard InChI is InChI=1S/C14H9Cl2N3O3/c1-5-2-6(15)3-8(16)11(5)19-9(20)4-7-10(12(19)17)14(22)18-13(7)21/h2-4H,17H2,1H3,(H,18,21,22). The summed E-state index contributed by atoms with van der Waals surface area (Å²) in [7, 11) is 0. The molecule has 1 aliphatic rings. The summed E-state index contributed by atoms with van der Waals surface area (Å²) < 4.78 is 1.10. The average Bonchev–Trinajstić information content (AvgIpc) is 2.67. The predicted molar refractivity (Wildman–Crippen MR) is 83.0 cm³/mol. The summed E-state index contributed by atoms with van der Waals surface area (Å²) in [4.78, 5) is 35.8. The van der Waals surface area contributed by atoms with Gasteiger partial charge < -0.3 is 5.73 Å². The lowest BCUT2D eigenvalue weighted by atomic mass is 10.1. The Morgan fingerprint density at radius 3 is 2.41 bits per heavy atom. The molecule has 0 fully saturated rings. The third-order valence-electron chi connectivity index (χ3n) is 3.40. The van der Waals surface area contributed by atoms with Crippen LogP contribution in [0, 0.1) is 6.92 Å². The van der Waals surface area contributed by atoms with Crippen LogP contribution in [-0.2, 0) is 0 Å². The lowest BCUT2D eigenvalue weighted by Crippen LogP contribution is -2.25. The molecule has 2 heterocycles. The van der Waals surface area contributed by atoms with Crippen LogP contribution < -0.4 is 16.6 Å². The molecule has 0 aliphatic carbocycles. The summed E-state index contributed by atoms with van der Waals surface area (Å²) in [6.45, 7) is 1.71. The molecule has 112 valence electrons. The third kappa shape index (κ3) is 2.00. The number of benzene rings is 1. The molecule has 0 spiro atoms. The number of hydrogen-bond acceptors (Lipinski definition) is 4. The first-order valence-corrected chi connectivity index (χ1v) is 6.94. The van der Waals surface area contributed by atoms with Crippen LogP contribution in [0.4, 0.5) is 5.82 Å². The van der Waals surface area contributed by atoms with Crippen molar-refractivity contribution in [1.29, 1.82) is 0 Å². The Morgan fingerprint density at radius 1 is 1.09 bits per heavy atom. The van der Waals surface area contributed by atoms with E-state index in [2.05, 4.69) is 5.32 Å². The summed E-state index contributed by atoms with van der Waals surface area (Å²) in [6.07, 6.45) is 0. The minimum absolute atomic E-state index is 0.0324. The first kappa shape index (κ1) is 14.6. The zero-order valence-electron chi connectivity index (χ0n) is 11.2. The summed E-state index contributed by atoms with van der Waals surface area (Å²) in [5, 5.41) is 2.72. The van der Waals surface area contributed by atoms with Crippen LogP contribution in [0.2, 0.25) is 10.0 Å². The van der Waals surface area contributed by atoms with Crippen molar-refractivity contribution in [2.75, 3.05) is 5.73 Å². The number of anilines is 1. The fraction of sp³-hybridized carbons (Fsp3) is 0.0714. The number of hydrogen-bond donors (Lipinski definition) is 2. The molecule has 22 heavy (non-hydrogen) atoms. The highest BCUT2D eigenvalue weighted by Crippen LogP contribution is 2.31. The first-order chi connectivity index (χ1) is 10.3. The third-order valence-corrected chi connectivity index (χ3v) is 3.90. The van der Waals surface area contributed by atoms with Gasteiger partial charge in [0.25, 0.3) is 17.4 Å². The molecule has 3 N–H and O–H groups in total. The average molecular weight is 338 g/mol. The van der Waals surface area contributed by atoms with Crippen LogP contribution in [0.25, 0.3) is 5.69 Å². The summed E-state index contributed by atoms with van der Waals surface area (Å²) in [6, 6.07) is 4.15. The Balaban J connectivity index is 2.40. The molecule has 2 aromatic rings. The van der Waals surface area contributed by atoms with Crippen LogP contribution in [0.3, 0.4) is 0 Å². The van der Waals surface area contributed by atoms with E-state index in [-0.39, 0.29) is 22.0 Å². The number of amides is 2. The Bertz CT molecular complexity index is 895. The van der Waals surface area contributed by atoms with Crippen LogP contribution >= 0.6 is 23.2 Å². The molecule has 8 heteroatoms. The van der Waals surface area contributed by atoms with Crippen LogP contribution in [0.5, 0.6) is 0 Å². The molecule has 0 saturated carbocycles. The largest absolute Gasteiger partial charge is 0.384 e. The second-order valence-electron chi connectivity index (χ2n) is 4.83. The number of halogens is 2. The van der Waals surface area contributed by atoms with Crippen molar-refractivity contribution in [3.05, 3.63) is 55.3 Å². The molecular formula is C14H9Cl2N3O3. The molecule has 1 aromatic heterocycles. The van der Waals surface area contributed by atoms with Crippen molar-refractivity contribution in [2.24, 2.45) is 0 Å². The minimum Gasteiger partial charge on any atom is -0.384 e. The van der Waals surface area contributed by atoms with Crippen molar-refractivity contribution >= 4 is 40.8 Å². The molecule has 2 amide bonds. The highest BCUT2D eigenvalue weighted by molar-refractivity contribution is 6.36. The Kier molecular flexibility index (Phi) is 3.23. The normalized spacial score (nSPS) is 13.2. The van der Waals surface area contributed by atoms with Crippen molar-refractivity contribution in [3.63, 3.8) is 0 Å². The molecular weight excluding hydrogens is 329 g/mol. The Labute approximate surface area is 134 Å². The maximum absolute atomic E-state index is 12.3. The van der Waals surface area contributed by atoms with Crippen LogP contribution in [-0.4, -0.2) is 16.4 Å². The maximum atomic E-state index is 12.3. The summed E-state index contributed by atoms with van der Waals surface area (Å²) >= 11 is 12.1. The van der Waals surface area contributed by atoms with E-state index in [0.717, 1.165) is 10.6 Å². The predicted octanol–water partition coefficient (Wildman–Crippen LogP) is 1.92. The Hall–Kier alpha value is -2.31. The Morgan fingerprint density at radius 2 is 1.77 bits per heavy atom. The van der Waals surface area contributed by atoms with E-state index in [4.69, 9.17) is 28.9 Å². The van der Waals surface area contributed by atoms with Crippen molar-refractivity contribution in [3.8, 4) is 5.69 Å². The van der Waals surface area contributed by atoms with Crippen molar-refractivity contribution < 1.29 is 9.59 Å². The highest BCUT2D eigenvalue weighted by atomic mass is 35.5. The number of carbonyl (C=O) groups excluding carboxylic acids is 2. The molecule has 1 aliphatic heterocycles. The molecule has 0 unspecified atom stereocenters. The first-order valence-electron chi connectivity index (χ1n) is 6.18. The number of carbonyl (C=O) groups is 2. The lowest BCUT2D eigenvalue weighted by Gasteiger charge is -2.16. The van der Waals surface area contributed by atoms with Gasteiger partial charge in [-0.3, -0.25) is 24.3 Å². The van der Waals surface area contributed by atoms with E-state index in [0.29, 0.717) is 16.3 Å². The number of pyridine rings is 1. The second kappa shape index (κ2) is 4.86. The number of nitrogens with two attached hydrogens (primary N) is 1. The van der Waals surface area contributed by atoms with Gasteiger partial charge in [0, 0.05) is 11.1 Å². The van der Waals surface area contributed by atoms with Crippen molar-refractivity contribution in [2.45, 2.75) is 6.92 Å². The topological polar surface area (TPSA) is 94.2 Å². The number of rotatable bonds is 1. The summed E-state index contributed by atoms with van der Waals surface area (Å²) in [5.74, 6) is -1.43. The van der Waals surface area contributed by atoms with Gasteiger partial charge in [0.1, 0.15) is 5.82 Å². The van der Waals surface area contributed by atoms with Crippen LogP contribution in [0.1, 0.15) is 26.3 Å². The second-order valence-corrected chi connectivity index (χ2v) is 5.67. The number of nitrogen functional groups attached to an aromatic ring is 1. The van der Waals surface area contributed by atoms with Gasteiger partial charge in [-0.25, -0.2) is 0 Å².